The van der Waals surface area contributed by atoms with Gasteiger partial charge in [-0.3, -0.25) is 33.6 Å². The van der Waals surface area contributed by atoms with Crippen LogP contribution in [-0.2, 0) is 76.2 Å². The molecule has 0 unspecified atom stereocenters. The van der Waals surface area contributed by atoms with E-state index >= 15 is 0 Å². The van der Waals surface area contributed by atoms with Gasteiger partial charge in [-0.2, -0.15) is 0 Å². The second kappa shape index (κ2) is 29.8. The lowest BCUT2D eigenvalue weighted by atomic mass is 9.72. The van der Waals surface area contributed by atoms with Crippen molar-refractivity contribution < 1.29 is 128 Å². The number of Topliss-reactive ketones (excluding diaryl/α,β-unsaturated/α-hetero) is 2. The van der Waals surface area contributed by atoms with E-state index in [2.05, 4.69) is 0 Å². The first-order valence-electron chi connectivity index (χ1n) is 35.0. The number of hydrogen-bond acceptors (Lipinski definition) is 31. The van der Waals surface area contributed by atoms with Crippen LogP contribution in [0.15, 0.2) is 65.5 Å². The fraction of sp³-hybridized carbons (Fsp3) is 0.416. The molecule has 2 aromatic heterocycles. The lowest BCUT2D eigenvalue weighted by Crippen LogP contribution is -2.53. The number of ether oxygens (including phenoxy) is 7. The van der Waals surface area contributed by atoms with Gasteiger partial charge >= 0.3 is 5.97 Å². The molecule has 0 saturated carbocycles. The topological polar surface area (TPSA) is 517 Å². The first-order valence-corrected chi connectivity index (χ1v) is 35.0. The number of ketones is 6. The number of cyclic esters (lactones) is 1. The standard InChI is InChI=1S/2C27H29NO11.C23H23N3O5.ClH/c2*1-10-22(31)13(28)6-17(38-10)39-15-8-27(36,16(30)9-29)7-12-19(15)26(35)21-20(24(12)33)23(32)11-4-3-5-14(37-2)18(11)25(21)34;1-4-23(30)16-8-18-20-12(9-26(18)21(28)15(16)11-31-22(23)29)7-13-14(10-25(2)3)19(27)6-5-17(13)24-20;/h2*3-5,10,13,15,17,22,29,31,33,35-36H,6-9,28H2,1-2H3;5-8,27,30H,4,9-11H2,1-3H3;1H/t10-,13-,15-,17-,22+,27-;10-,13-,15-,17-,22-,27-;23-;/m000./s1. The molecule has 33 heteroatoms. The van der Waals surface area contributed by atoms with Gasteiger partial charge in [-0.15, -0.1) is 12.4 Å². The number of hydrogen-bond donors (Lipinski definition) is 14. The minimum Gasteiger partial charge on any atom is -0.508 e. The highest BCUT2D eigenvalue weighted by molar-refractivity contribution is 6.32. The summed E-state index contributed by atoms with van der Waals surface area (Å²) >= 11 is 0. The summed E-state index contributed by atoms with van der Waals surface area (Å²) in [5, 5.41) is 130. The number of carbonyl (C=O) groups is 7. The predicted molar refractivity (Wildman–Crippen MR) is 384 cm³/mol. The number of nitrogens with two attached hydrogens (primary N) is 2. The predicted octanol–water partition coefficient (Wildman–Crippen LogP) is 2.27. The van der Waals surface area contributed by atoms with Crippen LogP contribution in [0.3, 0.4) is 0 Å². The van der Waals surface area contributed by atoms with Crippen LogP contribution in [-0.4, -0.2) is 218 Å². The van der Waals surface area contributed by atoms with Crippen molar-refractivity contribution in [2.24, 2.45) is 11.5 Å². The molecule has 15 rings (SSSR count). The highest BCUT2D eigenvalue weighted by atomic mass is 35.5. The van der Waals surface area contributed by atoms with Crippen LogP contribution in [0.25, 0.3) is 22.3 Å². The average Bonchev–Trinajstić information content (AvgIpc) is 0.763. The Morgan fingerprint density at radius 1 is 0.645 bits per heavy atom. The zero-order valence-electron chi connectivity index (χ0n) is 60.4. The van der Waals surface area contributed by atoms with Gasteiger partial charge in [0.2, 0.25) is 11.6 Å². The van der Waals surface area contributed by atoms with Gasteiger partial charge < -0.3 is 115 Å². The van der Waals surface area contributed by atoms with E-state index in [0.29, 0.717) is 41.1 Å². The molecule has 2 saturated heterocycles. The third-order valence-corrected chi connectivity index (χ3v) is 21.9. The molecular weight excluding hydrogens is 1460 g/mol. The summed E-state index contributed by atoms with van der Waals surface area (Å²) in [5.41, 5.74) is 6.78. The Morgan fingerprint density at radius 3 is 1.54 bits per heavy atom. The zero-order valence-corrected chi connectivity index (χ0v) is 61.2. The van der Waals surface area contributed by atoms with Gasteiger partial charge in [0.05, 0.1) is 113 Å². The number of fused-ring (bicyclic) bond motifs is 11. The zero-order chi connectivity index (χ0) is 78.8. The van der Waals surface area contributed by atoms with E-state index in [1.165, 1.54) is 50.6 Å². The van der Waals surface area contributed by atoms with E-state index in [0.717, 1.165) is 16.5 Å². The summed E-state index contributed by atoms with van der Waals surface area (Å²) in [7, 11) is 6.50. The minimum absolute atomic E-state index is 0. The van der Waals surface area contributed by atoms with Gasteiger partial charge in [0.1, 0.15) is 71.3 Å². The molecule has 32 nitrogen and oxygen atoms in total. The Morgan fingerprint density at radius 2 is 1.11 bits per heavy atom. The molecule has 16 N–H and O–H groups in total. The average molecular weight is 1540 g/mol. The van der Waals surface area contributed by atoms with Crippen molar-refractivity contribution >= 4 is 64.0 Å². The summed E-state index contributed by atoms with van der Waals surface area (Å²) < 4.78 is 40.7. The van der Waals surface area contributed by atoms with Crippen molar-refractivity contribution in [2.75, 3.05) is 41.5 Å². The Balaban J connectivity index is 0.000000154. The van der Waals surface area contributed by atoms with E-state index in [9.17, 15) is 99.6 Å². The molecular formula is C77H82ClN5O27. The minimum atomic E-state index is -2.24. The number of aliphatic hydroxyl groups is 7. The number of aliphatic hydroxyl groups excluding tert-OH is 4. The van der Waals surface area contributed by atoms with Crippen molar-refractivity contribution in [3.63, 3.8) is 0 Å². The molecule has 2 fully saturated rings. The molecule has 584 valence electrons. The van der Waals surface area contributed by atoms with Gasteiger partial charge in [0, 0.05) is 113 Å². The molecule has 0 amide bonds. The van der Waals surface area contributed by atoms with Gasteiger partial charge in [-0.25, -0.2) is 9.78 Å². The molecule has 0 bridgehead atoms. The number of nitrogens with zero attached hydrogens (tertiary/aromatic N) is 3. The first kappa shape index (κ1) is 79.8. The fourth-order valence-corrected chi connectivity index (χ4v) is 16.1. The maximum absolute atomic E-state index is 13.6. The van der Waals surface area contributed by atoms with E-state index in [1.807, 2.05) is 25.1 Å². The lowest BCUT2D eigenvalue weighted by molar-refractivity contribution is -0.247. The number of halogens is 1. The van der Waals surface area contributed by atoms with Crippen molar-refractivity contribution in [3.05, 3.63) is 160 Å². The van der Waals surface area contributed by atoms with Crippen LogP contribution in [0.4, 0.5) is 0 Å². The Hall–Kier alpha value is -9.72. The largest absolute Gasteiger partial charge is 0.508 e. The summed E-state index contributed by atoms with van der Waals surface area (Å²) in [6, 6.07) is 14.3. The number of benzene rings is 5. The number of aromatic hydroxyl groups is 5. The third-order valence-electron chi connectivity index (χ3n) is 21.9. The van der Waals surface area contributed by atoms with Crippen LogP contribution < -0.4 is 26.5 Å². The molecule has 110 heavy (non-hydrogen) atoms. The van der Waals surface area contributed by atoms with E-state index in [1.54, 1.807) is 43.5 Å². The molecule has 6 heterocycles. The number of carbonyl (C=O) groups excluding carboxylic acids is 7. The van der Waals surface area contributed by atoms with Crippen molar-refractivity contribution in [2.45, 2.75) is 164 Å². The second-order valence-electron chi connectivity index (χ2n) is 28.8. The highest BCUT2D eigenvalue weighted by Gasteiger charge is 2.54. The summed E-state index contributed by atoms with van der Waals surface area (Å²) in [6.07, 6.45) is -10.1. The molecule has 7 aromatic rings. The van der Waals surface area contributed by atoms with Crippen molar-refractivity contribution in [3.8, 4) is 51.6 Å². The molecule has 13 atom stereocenters. The number of phenols is 5. The molecule has 5 aromatic carbocycles. The van der Waals surface area contributed by atoms with Crippen molar-refractivity contribution in [1.82, 2.24) is 14.5 Å². The number of aromatic nitrogens is 2. The summed E-state index contributed by atoms with van der Waals surface area (Å²) in [4.78, 5) is 112. The third kappa shape index (κ3) is 13.0. The second-order valence-corrected chi connectivity index (χ2v) is 28.8. The van der Waals surface area contributed by atoms with E-state index < -0.39 is 203 Å². The van der Waals surface area contributed by atoms with Gasteiger partial charge in [-0.1, -0.05) is 31.2 Å². The highest BCUT2D eigenvalue weighted by Crippen LogP contribution is 2.55. The maximum Gasteiger partial charge on any atom is 0.343 e. The fourth-order valence-electron chi connectivity index (χ4n) is 16.1. The number of pyridine rings is 2. The molecule has 8 aliphatic rings. The Bertz CT molecular complexity index is 4870. The smallest absolute Gasteiger partial charge is 0.343 e. The van der Waals surface area contributed by atoms with Crippen molar-refractivity contribution in [1.29, 1.82) is 0 Å². The molecule has 0 spiro atoms. The SMILES string of the molecule is CC[C@@]1(O)C(=O)OCc2c1cc1n(c2=O)Cc2cc3c(CN(C)C)c(O)ccc3nc2-1.COc1cccc2c1C(=O)c1c(O)c3c(c(O)c1C2=O)C[C@@](O)(C(=O)CO)C[C@@H]3O[C@H]1C[C@H](N)[C@@H](O)[C@H](C)O1.COc1cccc2c1C(=O)c1c(O)c3c(c(O)c1C2=O)C[C@@](O)(C(=O)CO)C[C@@H]3O[C@H]1C[C@H](N)[C@H](O)[C@H](C)O1.Cl. The van der Waals surface area contributed by atoms with Gasteiger partial charge in [0.25, 0.3) is 5.56 Å². The van der Waals surface area contributed by atoms with Crippen LogP contribution >= 0.6 is 12.4 Å². The number of rotatable bonds is 13. The van der Waals surface area contributed by atoms with Crippen LogP contribution in [0.2, 0.25) is 0 Å². The Kier molecular flexibility index (Phi) is 21.6. The van der Waals surface area contributed by atoms with Crippen LogP contribution in [0.5, 0.6) is 40.2 Å². The normalized spacial score (nSPS) is 26.6. The number of phenolic OH excluding ortho intramolecular Hbond substituents is 5. The molecule has 4 aliphatic carbocycles. The van der Waals surface area contributed by atoms with E-state index in [4.69, 9.17) is 49.6 Å². The maximum atomic E-state index is 13.6. The number of methoxy groups -OCH3 is 2. The van der Waals surface area contributed by atoms with Gasteiger partial charge in [-0.05, 0) is 70.8 Å². The number of esters is 1. The molecule has 0 radical (unpaired) electrons. The first-order chi connectivity index (χ1) is 51.6. The van der Waals surface area contributed by atoms with Crippen LogP contribution in [0, 0.1) is 0 Å². The molecule has 4 aliphatic heterocycles. The van der Waals surface area contributed by atoms with Gasteiger partial charge in [0.15, 0.2) is 41.3 Å². The Labute approximate surface area is 631 Å². The monoisotopic (exact) mass is 1540 g/mol. The summed E-state index contributed by atoms with van der Waals surface area (Å²) in [6.45, 7) is 3.53. The van der Waals surface area contributed by atoms with Crippen LogP contribution in [0.1, 0.15) is 173 Å². The lowest BCUT2D eigenvalue weighted by Gasteiger charge is -2.42. The quantitative estimate of drug-likeness (QED) is 0.0581. The summed E-state index contributed by atoms with van der Waals surface area (Å²) in [5.74, 6) is -8.08. The van der Waals surface area contributed by atoms with E-state index in [-0.39, 0.29) is 106 Å².